The van der Waals surface area contributed by atoms with Gasteiger partial charge in [-0.25, -0.2) is 0 Å². The number of carbonyl (C=O) groups is 3. The van der Waals surface area contributed by atoms with E-state index in [1.54, 1.807) is 50.3 Å². The number of methoxy groups -OCH3 is 1. The number of hydrogen-bond donors (Lipinski definition) is 0. The molecule has 1 fully saturated rings. The van der Waals surface area contributed by atoms with Gasteiger partial charge in [0.2, 0.25) is 0 Å². The second kappa shape index (κ2) is 10.6. The molecule has 2 amide bonds. The molecule has 2 aromatic rings. The predicted molar refractivity (Wildman–Crippen MR) is 123 cm³/mol. The molecule has 9 heteroatoms. The fourth-order valence-corrected chi connectivity index (χ4v) is 3.99. The van der Waals surface area contributed by atoms with Crippen LogP contribution >= 0.6 is 23.4 Å². The van der Waals surface area contributed by atoms with E-state index < -0.39 is 23.7 Å². The normalized spacial score (nSPS) is 14.9. The van der Waals surface area contributed by atoms with Gasteiger partial charge in [-0.3, -0.25) is 19.3 Å². The van der Waals surface area contributed by atoms with Gasteiger partial charge in [-0.1, -0.05) is 35.9 Å². The Kier molecular flexibility index (Phi) is 7.82. The van der Waals surface area contributed by atoms with Crippen LogP contribution < -0.4 is 9.47 Å². The summed E-state index contributed by atoms with van der Waals surface area (Å²) in [5, 5.41) is 0.0577. The summed E-state index contributed by atoms with van der Waals surface area (Å²) in [7, 11) is 1.51. The van der Waals surface area contributed by atoms with Crippen molar-refractivity contribution in [1.29, 1.82) is 0 Å². The molecule has 7 nitrogen and oxygen atoms in total. The molecule has 0 spiro atoms. The van der Waals surface area contributed by atoms with Crippen LogP contribution in [0.4, 0.5) is 4.79 Å². The molecule has 168 valence electrons. The SMILES string of the molecule is COc1cccc(/C=C2\SC(=O)N(CC(=O)OC(C)C)C2=O)c1OCc1cccc(Cl)c1. The lowest BCUT2D eigenvalue weighted by molar-refractivity contribution is -0.149. The third-order valence-corrected chi connectivity index (χ3v) is 5.46. The van der Waals surface area contributed by atoms with Crippen molar-refractivity contribution in [2.45, 2.75) is 26.6 Å². The highest BCUT2D eigenvalue weighted by atomic mass is 35.5. The zero-order valence-corrected chi connectivity index (χ0v) is 19.4. The number of halogens is 1. The quantitative estimate of drug-likeness (QED) is 0.396. The van der Waals surface area contributed by atoms with Gasteiger partial charge in [0.05, 0.1) is 18.1 Å². The minimum atomic E-state index is -0.643. The molecular weight excluding hydrogens is 454 g/mol. The summed E-state index contributed by atoms with van der Waals surface area (Å²) in [6.07, 6.45) is 1.21. The summed E-state index contributed by atoms with van der Waals surface area (Å²) >= 11 is 6.79. The van der Waals surface area contributed by atoms with Crippen LogP contribution in [0.2, 0.25) is 5.02 Å². The molecule has 1 aliphatic rings. The molecular formula is C23H22ClNO6S. The maximum absolute atomic E-state index is 12.7. The fourth-order valence-electron chi connectivity index (χ4n) is 2.95. The lowest BCUT2D eigenvalue weighted by Crippen LogP contribution is -2.35. The summed E-state index contributed by atoms with van der Waals surface area (Å²) < 4.78 is 16.4. The number of esters is 1. The number of nitrogens with zero attached hydrogens (tertiary/aromatic N) is 1. The van der Waals surface area contributed by atoms with Gasteiger partial charge in [0.15, 0.2) is 11.5 Å². The van der Waals surface area contributed by atoms with Gasteiger partial charge in [-0.2, -0.15) is 0 Å². The van der Waals surface area contributed by atoms with E-state index in [0.29, 0.717) is 22.1 Å². The number of carbonyl (C=O) groups excluding carboxylic acids is 3. The van der Waals surface area contributed by atoms with E-state index in [4.69, 9.17) is 25.8 Å². The Labute approximate surface area is 195 Å². The van der Waals surface area contributed by atoms with E-state index in [9.17, 15) is 14.4 Å². The molecule has 1 aliphatic heterocycles. The lowest BCUT2D eigenvalue weighted by Gasteiger charge is -2.14. The molecule has 1 saturated heterocycles. The van der Waals surface area contributed by atoms with E-state index >= 15 is 0 Å². The van der Waals surface area contributed by atoms with E-state index in [-0.39, 0.29) is 17.6 Å². The van der Waals surface area contributed by atoms with Crippen molar-refractivity contribution in [3.63, 3.8) is 0 Å². The maximum Gasteiger partial charge on any atom is 0.326 e. The predicted octanol–water partition coefficient (Wildman–Crippen LogP) is 4.92. The van der Waals surface area contributed by atoms with E-state index in [0.717, 1.165) is 22.2 Å². The highest BCUT2D eigenvalue weighted by molar-refractivity contribution is 8.18. The first-order valence-corrected chi connectivity index (χ1v) is 11.0. The second-order valence-electron chi connectivity index (χ2n) is 7.10. The van der Waals surface area contributed by atoms with Crippen molar-refractivity contribution in [1.82, 2.24) is 4.90 Å². The molecule has 32 heavy (non-hydrogen) atoms. The van der Waals surface area contributed by atoms with Gasteiger partial charge in [0.25, 0.3) is 11.1 Å². The molecule has 3 rings (SSSR count). The van der Waals surface area contributed by atoms with Crippen molar-refractivity contribution in [2.75, 3.05) is 13.7 Å². The Hall–Kier alpha value is -2.97. The van der Waals surface area contributed by atoms with Gasteiger partial charge in [-0.15, -0.1) is 0 Å². The lowest BCUT2D eigenvalue weighted by atomic mass is 10.1. The number of ether oxygens (including phenoxy) is 3. The Morgan fingerprint density at radius 1 is 1.19 bits per heavy atom. The number of amides is 2. The number of rotatable bonds is 8. The van der Waals surface area contributed by atoms with Crippen LogP contribution in [0.3, 0.4) is 0 Å². The summed E-state index contributed by atoms with van der Waals surface area (Å²) in [4.78, 5) is 38.0. The number of hydrogen-bond acceptors (Lipinski definition) is 7. The van der Waals surface area contributed by atoms with Crippen LogP contribution in [0, 0.1) is 0 Å². The van der Waals surface area contributed by atoms with Gasteiger partial charge in [0.1, 0.15) is 13.2 Å². The largest absolute Gasteiger partial charge is 0.493 e. The van der Waals surface area contributed by atoms with Gasteiger partial charge >= 0.3 is 5.97 Å². The van der Waals surface area contributed by atoms with Crippen molar-refractivity contribution < 1.29 is 28.6 Å². The zero-order chi connectivity index (χ0) is 23.3. The zero-order valence-electron chi connectivity index (χ0n) is 17.8. The standard InChI is InChI=1S/C23H22ClNO6S/c1-14(2)31-20(26)12-25-22(27)19(32-23(25)28)11-16-7-5-9-18(29-3)21(16)30-13-15-6-4-8-17(24)10-15/h4-11,14H,12-13H2,1-3H3/b19-11-. The summed E-state index contributed by atoms with van der Waals surface area (Å²) in [6, 6.07) is 12.5. The fraction of sp³-hybridized carbons (Fsp3) is 0.261. The molecule has 0 saturated carbocycles. The number of imide groups is 1. The summed E-state index contributed by atoms with van der Waals surface area (Å²) in [5.74, 6) is -0.318. The van der Waals surface area contributed by atoms with Gasteiger partial charge < -0.3 is 14.2 Å². The van der Waals surface area contributed by atoms with E-state index in [2.05, 4.69) is 0 Å². The minimum Gasteiger partial charge on any atom is -0.493 e. The Bertz CT molecular complexity index is 1070. The first-order valence-electron chi connectivity index (χ1n) is 9.77. The van der Waals surface area contributed by atoms with Crippen LogP contribution in [0.15, 0.2) is 47.4 Å². The highest BCUT2D eigenvalue weighted by Crippen LogP contribution is 2.37. The maximum atomic E-state index is 12.7. The first-order chi connectivity index (χ1) is 15.3. The average molecular weight is 476 g/mol. The Morgan fingerprint density at radius 3 is 2.62 bits per heavy atom. The second-order valence-corrected chi connectivity index (χ2v) is 8.53. The Balaban J connectivity index is 1.83. The molecule has 0 atom stereocenters. The van der Waals surface area contributed by atoms with Crippen LogP contribution in [-0.4, -0.2) is 41.8 Å². The van der Waals surface area contributed by atoms with Crippen molar-refractivity contribution in [3.05, 3.63) is 63.5 Å². The van der Waals surface area contributed by atoms with Gasteiger partial charge in [-0.05, 0) is 55.4 Å². The van der Waals surface area contributed by atoms with E-state index in [1.807, 2.05) is 12.1 Å². The molecule has 0 N–H and O–H groups in total. The molecule has 0 bridgehead atoms. The molecule has 0 aliphatic carbocycles. The van der Waals surface area contributed by atoms with E-state index in [1.165, 1.54) is 7.11 Å². The van der Waals surface area contributed by atoms with Crippen molar-refractivity contribution in [2.24, 2.45) is 0 Å². The number of thioether (sulfide) groups is 1. The number of para-hydroxylation sites is 1. The first kappa shape index (κ1) is 23.7. The molecule has 2 aromatic carbocycles. The topological polar surface area (TPSA) is 82.1 Å². The Morgan fingerprint density at radius 2 is 1.94 bits per heavy atom. The average Bonchev–Trinajstić information content (AvgIpc) is 2.99. The number of benzene rings is 2. The summed E-state index contributed by atoms with van der Waals surface area (Å²) in [5.41, 5.74) is 1.42. The van der Waals surface area contributed by atoms with Gasteiger partial charge in [0, 0.05) is 10.6 Å². The molecule has 0 radical (unpaired) electrons. The smallest absolute Gasteiger partial charge is 0.326 e. The van der Waals surface area contributed by atoms with Crippen LogP contribution in [-0.2, 0) is 20.9 Å². The van der Waals surface area contributed by atoms with Crippen molar-refractivity contribution in [3.8, 4) is 11.5 Å². The third-order valence-electron chi connectivity index (χ3n) is 4.32. The van der Waals surface area contributed by atoms with Crippen molar-refractivity contribution >= 4 is 46.6 Å². The third kappa shape index (κ3) is 5.83. The van der Waals surface area contributed by atoms with Crippen LogP contribution in [0.5, 0.6) is 11.5 Å². The minimum absolute atomic E-state index is 0.174. The highest BCUT2D eigenvalue weighted by Gasteiger charge is 2.37. The summed E-state index contributed by atoms with van der Waals surface area (Å²) in [6.45, 7) is 3.18. The molecule has 0 aromatic heterocycles. The molecule has 0 unspecified atom stereocenters. The molecule has 1 heterocycles. The van der Waals surface area contributed by atoms with Crippen LogP contribution in [0.25, 0.3) is 6.08 Å². The van der Waals surface area contributed by atoms with Crippen LogP contribution in [0.1, 0.15) is 25.0 Å². The monoisotopic (exact) mass is 475 g/mol.